The van der Waals surface area contributed by atoms with Gasteiger partial charge in [0, 0.05) is 60.2 Å². The van der Waals surface area contributed by atoms with Gasteiger partial charge in [-0.1, -0.05) is 35.3 Å². The normalized spacial score (nSPS) is 25.6. The maximum atomic E-state index is 13.4. The average Bonchev–Trinajstić information content (AvgIpc) is 3.17. The number of benzene rings is 2. The number of carbonyl (C=O) groups excluding carboxylic acids is 2. The van der Waals surface area contributed by atoms with Crippen molar-refractivity contribution in [3.8, 4) is 11.1 Å². The third kappa shape index (κ3) is 5.36. The van der Waals surface area contributed by atoms with Gasteiger partial charge in [0.1, 0.15) is 0 Å². The monoisotopic (exact) mass is 550 g/mol. The first-order chi connectivity index (χ1) is 17.6. The first-order valence-corrected chi connectivity index (χ1v) is 13.6. The van der Waals surface area contributed by atoms with E-state index in [2.05, 4.69) is 0 Å². The summed E-state index contributed by atoms with van der Waals surface area (Å²) in [6.07, 6.45) is 2.60. The predicted molar refractivity (Wildman–Crippen MR) is 139 cm³/mol. The number of hydrogen-bond donors (Lipinski definition) is 1. The summed E-state index contributed by atoms with van der Waals surface area (Å²) in [5.74, 6) is -2.84. The number of rotatable bonds is 4. The Morgan fingerprint density at radius 2 is 1.51 bits per heavy atom. The van der Waals surface area contributed by atoms with Crippen molar-refractivity contribution in [1.82, 2.24) is 9.80 Å². The number of alkyl halides is 2. The molecule has 1 aliphatic carbocycles. The smallest absolute Gasteiger partial charge is 0.253 e. The van der Waals surface area contributed by atoms with Crippen molar-refractivity contribution in [3.05, 3.63) is 57.6 Å². The zero-order chi connectivity index (χ0) is 26.4. The highest BCUT2D eigenvalue weighted by Gasteiger charge is 2.48. The highest BCUT2D eigenvalue weighted by molar-refractivity contribution is 6.36. The van der Waals surface area contributed by atoms with Gasteiger partial charge in [0.05, 0.1) is 11.5 Å². The largest absolute Gasteiger partial charge is 0.393 e. The number of halogens is 4. The maximum Gasteiger partial charge on any atom is 0.253 e. The zero-order valence-corrected chi connectivity index (χ0v) is 22.0. The Balaban J connectivity index is 1.27. The molecule has 37 heavy (non-hydrogen) atoms. The van der Waals surface area contributed by atoms with Crippen LogP contribution in [0.4, 0.5) is 8.78 Å². The molecule has 1 N–H and O–H groups in total. The molecule has 2 saturated heterocycles. The number of piperidine rings is 1. The van der Waals surface area contributed by atoms with Gasteiger partial charge in [-0.05, 0) is 67.5 Å². The van der Waals surface area contributed by atoms with E-state index in [1.165, 1.54) is 4.90 Å². The molecule has 198 valence electrons. The molecule has 2 aromatic carbocycles. The second-order valence-corrected chi connectivity index (χ2v) is 11.4. The van der Waals surface area contributed by atoms with Crippen LogP contribution < -0.4 is 0 Å². The van der Waals surface area contributed by atoms with Crippen LogP contribution >= 0.6 is 23.2 Å². The predicted octanol–water partition coefficient (Wildman–Crippen LogP) is 6.19. The summed E-state index contributed by atoms with van der Waals surface area (Å²) >= 11 is 13.3. The van der Waals surface area contributed by atoms with Crippen LogP contribution in [0.15, 0.2) is 36.4 Å². The topological polar surface area (TPSA) is 60.9 Å². The van der Waals surface area contributed by atoms with Gasteiger partial charge in [-0.3, -0.25) is 9.59 Å². The fraction of sp³-hybridized carbons (Fsp3) is 0.500. The van der Waals surface area contributed by atoms with Crippen LogP contribution in [-0.2, 0) is 11.3 Å². The third-order valence-electron chi connectivity index (χ3n) is 8.25. The van der Waals surface area contributed by atoms with Crippen molar-refractivity contribution in [1.29, 1.82) is 0 Å². The second kappa shape index (κ2) is 10.2. The first kappa shape index (κ1) is 26.4. The fourth-order valence-electron chi connectivity index (χ4n) is 5.80. The molecular weight excluding hydrogens is 521 g/mol. The third-order valence-corrected chi connectivity index (χ3v) is 8.93. The fourth-order valence-corrected chi connectivity index (χ4v) is 6.41. The molecule has 0 bridgehead atoms. The summed E-state index contributed by atoms with van der Waals surface area (Å²) in [6.45, 7) is 1.07. The minimum atomic E-state index is -2.70. The molecule has 2 aromatic rings. The Morgan fingerprint density at radius 3 is 2.11 bits per heavy atom. The minimum absolute atomic E-state index is 0.0445. The van der Waals surface area contributed by atoms with E-state index >= 15 is 0 Å². The lowest BCUT2D eigenvalue weighted by molar-refractivity contribution is -0.139. The molecule has 2 amide bonds. The molecule has 9 heteroatoms. The van der Waals surface area contributed by atoms with E-state index in [9.17, 15) is 23.5 Å². The van der Waals surface area contributed by atoms with Gasteiger partial charge < -0.3 is 14.9 Å². The van der Waals surface area contributed by atoms with Crippen LogP contribution in [0.2, 0.25) is 10.0 Å². The Bertz CT molecular complexity index is 1160. The van der Waals surface area contributed by atoms with E-state index in [1.807, 2.05) is 4.90 Å². The summed E-state index contributed by atoms with van der Waals surface area (Å²) in [4.78, 5) is 29.2. The van der Waals surface area contributed by atoms with Gasteiger partial charge >= 0.3 is 0 Å². The lowest BCUT2D eigenvalue weighted by Gasteiger charge is -2.34. The molecular formula is C28H30Cl2F2N2O3. The van der Waals surface area contributed by atoms with E-state index in [4.69, 9.17) is 23.2 Å². The molecule has 0 radical (unpaired) electrons. The molecule has 5 rings (SSSR count). The zero-order valence-electron chi connectivity index (χ0n) is 20.5. The molecule has 0 unspecified atom stereocenters. The number of nitrogens with zero attached hydrogens (tertiary/aromatic N) is 2. The van der Waals surface area contributed by atoms with Crippen LogP contribution in [0.3, 0.4) is 0 Å². The van der Waals surface area contributed by atoms with Crippen molar-refractivity contribution in [3.63, 3.8) is 0 Å². The summed E-state index contributed by atoms with van der Waals surface area (Å²) in [6, 6.07) is 10.6. The molecule has 1 saturated carbocycles. The van der Waals surface area contributed by atoms with Crippen molar-refractivity contribution < 1.29 is 23.5 Å². The lowest BCUT2D eigenvalue weighted by Crippen LogP contribution is -2.42. The molecule has 1 spiro atoms. The van der Waals surface area contributed by atoms with Crippen molar-refractivity contribution in [2.75, 3.05) is 19.6 Å². The van der Waals surface area contributed by atoms with E-state index in [1.54, 1.807) is 36.4 Å². The van der Waals surface area contributed by atoms with Crippen LogP contribution in [0, 0.1) is 5.41 Å². The lowest BCUT2D eigenvalue weighted by atomic mass is 9.72. The number of likely N-dealkylation sites (tertiary alicyclic amines) is 2. The van der Waals surface area contributed by atoms with Crippen molar-refractivity contribution >= 4 is 35.0 Å². The van der Waals surface area contributed by atoms with Gasteiger partial charge in [0.2, 0.25) is 5.91 Å². The highest BCUT2D eigenvalue weighted by atomic mass is 35.5. The first-order valence-electron chi connectivity index (χ1n) is 12.8. The van der Waals surface area contributed by atoms with Crippen LogP contribution in [0.5, 0.6) is 0 Å². The number of hydrogen-bond acceptors (Lipinski definition) is 3. The van der Waals surface area contributed by atoms with E-state index in [-0.39, 0.29) is 49.3 Å². The Labute approximate surface area is 225 Å². The van der Waals surface area contributed by atoms with E-state index in [0.717, 1.165) is 17.5 Å². The Morgan fingerprint density at radius 1 is 0.919 bits per heavy atom. The molecule has 5 nitrogen and oxygen atoms in total. The van der Waals surface area contributed by atoms with E-state index in [0.29, 0.717) is 59.9 Å². The van der Waals surface area contributed by atoms with Crippen molar-refractivity contribution in [2.45, 2.75) is 63.5 Å². The molecule has 3 fully saturated rings. The minimum Gasteiger partial charge on any atom is -0.393 e. The Hall–Kier alpha value is -2.22. The quantitative estimate of drug-likeness (QED) is 0.494. The van der Waals surface area contributed by atoms with Crippen molar-refractivity contribution in [2.24, 2.45) is 5.41 Å². The number of amides is 2. The van der Waals surface area contributed by atoms with Gasteiger partial charge in [-0.25, -0.2) is 8.78 Å². The van der Waals surface area contributed by atoms with Gasteiger partial charge in [0.15, 0.2) is 0 Å². The summed E-state index contributed by atoms with van der Waals surface area (Å²) < 4.78 is 26.8. The standard InChI is InChI=1S/C28H30Cl2F2N2O3/c29-23-15-20(18-1-3-19(4-2-18)25(36)33-13-10-28(31,32)11-14-33)16-24(30)22(23)17-34-12-9-27(26(34)37)7-5-21(35)6-8-27/h1-4,15-16,21,35H,5-14,17H2. The number of aliphatic hydroxyl groups excluding tert-OH is 1. The second-order valence-electron chi connectivity index (χ2n) is 10.6. The average molecular weight is 551 g/mol. The van der Waals surface area contributed by atoms with Gasteiger partial charge in [0.25, 0.3) is 11.8 Å². The van der Waals surface area contributed by atoms with Crippen LogP contribution in [0.25, 0.3) is 11.1 Å². The summed E-state index contributed by atoms with van der Waals surface area (Å²) in [7, 11) is 0. The Kier molecular flexibility index (Phi) is 7.24. The summed E-state index contributed by atoms with van der Waals surface area (Å²) in [5.41, 5.74) is 2.36. The SMILES string of the molecule is O=C(c1ccc(-c2cc(Cl)c(CN3CCC4(CCC(O)CC4)C3=O)c(Cl)c2)cc1)N1CCC(F)(F)CC1. The number of aliphatic hydroxyl groups is 1. The molecule has 3 aliphatic rings. The van der Waals surface area contributed by atoms with Gasteiger partial charge in [-0.2, -0.15) is 0 Å². The summed E-state index contributed by atoms with van der Waals surface area (Å²) in [5, 5.41) is 10.8. The molecule has 2 heterocycles. The molecule has 0 aromatic heterocycles. The van der Waals surface area contributed by atoms with Gasteiger partial charge in [-0.15, -0.1) is 0 Å². The molecule has 2 aliphatic heterocycles. The highest BCUT2D eigenvalue weighted by Crippen LogP contribution is 2.46. The van der Waals surface area contributed by atoms with Crippen LogP contribution in [-0.4, -0.2) is 58.4 Å². The maximum absolute atomic E-state index is 13.4. The van der Waals surface area contributed by atoms with E-state index < -0.39 is 5.92 Å². The number of carbonyl (C=O) groups is 2. The van der Waals surface area contributed by atoms with Crippen LogP contribution in [0.1, 0.15) is 60.9 Å². The molecule has 0 atom stereocenters.